The molecule has 0 aromatic heterocycles. The van der Waals surface area contributed by atoms with E-state index in [1.165, 1.54) is 0 Å². The maximum atomic E-state index is 13.0. The van der Waals surface area contributed by atoms with Gasteiger partial charge in [-0.05, 0) is 12.1 Å². The second kappa shape index (κ2) is 7.01. The topological polar surface area (TPSA) is 70.7 Å². The summed E-state index contributed by atoms with van der Waals surface area (Å²) < 4.78 is 5.29. The Kier molecular flexibility index (Phi) is 4.99. The molecule has 6 nitrogen and oxygen atoms in total. The Morgan fingerprint density at radius 2 is 1.88 bits per heavy atom. The summed E-state index contributed by atoms with van der Waals surface area (Å²) in [5, 5.41) is 6.12. The number of carbonyl (C=O) groups is 2. The molecule has 0 radical (unpaired) electrons. The second-order valence-corrected chi connectivity index (χ2v) is 6.47. The van der Waals surface area contributed by atoms with Crippen molar-refractivity contribution in [3.8, 4) is 0 Å². The predicted molar refractivity (Wildman–Crippen MR) is 90.9 cm³/mol. The Labute approximate surface area is 149 Å². The molecule has 1 aromatic rings. The van der Waals surface area contributed by atoms with Gasteiger partial charge in [0, 0.05) is 34.4 Å². The number of urea groups is 1. The largest absolute Gasteiger partial charge is 0.378 e. The van der Waals surface area contributed by atoms with Crippen molar-refractivity contribution in [3.63, 3.8) is 0 Å². The fourth-order valence-electron chi connectivity index (χ4n) is 3.00. The Morgan fingerprint density at radius 1 is 1.25 bits per heavy atom. The van der Waals surface area contributed by atoms with Gasteiger partial charge in [0.2, 0.25) is 5.91 Å². The summed E-state index contributed by atoms with van der Waals surface area (Å²) >= 11 is 12.6. The molecule has 2 N–H and O–H groups in total. The van der Waals surface area contributed by atoms with Gasteiger partial charge in [0.25, 0.3) is 0 Å². The summed E-state index contributed by atoms with van der Waals surface area (Å²) in [4.78, 5) is 26.6. The summed E-state index contributed by atoms with van der Waals surface area (Å²) in [5.41, 5.74) is 0.847. The van der Waals surface area contributed by atoms with Gasteiger partial charge in [0.05, 0.1) is 19.3 Å². The first-order valence-corrected chi connectivity index (χ1v) is 8.31. The van der Waals surface area contributed by atoms with Crippen molar-refractivity contribution in [1.82, 2.24) is 15.5 Å². The number of nitrogens with one attached hydrogen (secondary N) is 2. The lowest BCUT2D eigenvalue weighted by Gasteiger charge is -2.38. The van der Waals surface area contributed by atoms with Crippen molar-refractivity contribution in [3.05, 3.63) is 46.1 Å². The first-order valence-electron chi connectivity index (χ1n) is 7.56. The summed E-state index contributed by atoms with van der Waals surface area (Å²) in [6.07, 6.45) is 0. The fourth-order valence-corrected chi connectivity index (χ4v) is 3.64. The number of ether oxygens (including phenoxy) is 1. The third kappa shape index (κ3) is 3.22. The van der Waals surface area contributed by atoms with E-state index < -0.39 is 18.0 Å². The highest BCUT2D eigenvalue weighted by Gasteiger charge is 2.41. The molecule has 1 aromatic carbocycles. The first-order chi connectivity index (χ1) is 11.5. The Bertz CT molecular complexity index is 669. The average Bonchev–Trinajstić information content (AvgIpc) is 2.54. The number of hydrogen-bond donors (Lipinski definition) is 2. The molecule has 2 saturated heterocycles. The lowest BCUT2D eigenvalue weighted by atomic mass is 9.87. The molecule has 0 unspecified atom stereocenters. The minimum Gasteiger partial charge on any atom is -0.378 e. The maximum Gasteiger partial charge on any atom is 0.319 e. The van der Waals surface area contributed by atoms with Gasteiger partial charge in [-0.2, -0.15) is 0 Å². The highest BCUT2D eigenvalue weighted by atomic mass is 35.5. The highest BCUT2D eigenvalue weighted by Crippen LogP contribution is 2.38. The van der Waals surface area contributed by atoms with Gasteiger partial charge in [0.1, 0.15) is 5.92 Å². The zero-order valence-corrected chi connectivity index (χ0v) is 14.4. The zero-order chi connectivity index (χ0) is 17.3. The van der Waals surface area contributed by atoms with Crippen LogP contribution in [0, 0.1) is 5.92 Å². The summed E-state index contributed by atoms with van der Waals surface area (Å²) in [7, 11) is 0. The lowest BCUT2D eigenvalue weighted by Crippen LogP contribution is -2.55. The minimum absolute atomic E-state index is 0.142. The predicted octanol–water partition coefficient (Wildman–Crippen LogP) is 2.34. The number of carbonyl (C=O) groups excluding carboxylic acids is 2. The number of morpholine rings is 1. The molecular weight excluding hydrogens is 353 g/mol. The second-order valence-electron chi connectivity index (χ2n) is 5.65. The molecule has 2 heterocycles. The fraction of sp³-hybridized carbons (Fsp3) is 0.375. The van der Waals surface area contributed by atoms with Gasteiger partial charge in [-0.15, -0.1) is 0 Å². The summed E-state index contributed by atoms with van der Waals surface area (Å²) in [5.74, 6) is -0.838. The van der Waals surface area contributed by atoms with Crippen LogP contribution in [0.2, 0.25) is 10.0 Å². The molecule has 2 aliphatic heterocycles. The van der Waals surface area contributed by atoms with Crippen LogP contribution in [0.3, 0.4) is 0 Å². The Balaban J connectivity index is 1.98. The van der Waals surface area contributed by atoms with Crippen LogP contribution < -0.4 is 10.6 Å². The monoisotopic (exact) mass is 369 g/mol. The van der Waals surface area contributed by atoms with Crippen molar-refractivity contribution in [2.45, 2.75) is 6.04 Å². The van der Waals surface area contributed by atoms with Crippen LogP contribution in [0.5, 0.6) is 0 Å². The van der Waals surface area contributed by atoms with Crippen molar-refractivity contribution in [2.75, 3.05) is 26.3 Å². The van der Waals surface area contributed by atoms with E-state index in [2.05, 4.69) is 17.2 Å². The van der Waals surface area contributed by atoms with Gasteiger partial charge < -0.3 is 20.3 Å². The molecule has 0 aliphatic carbocycles. The smallest absolute Gasteiger partial charge is 0.319 e. The molecule has 0 spiro atoms. The van der Waals surface area contributed by atoms with Gasteiger partial charge in [-0.25, -0.2) is 4.79 Å². The van der Waals surface area contributed by atoms with Crippen LogP contribution in [0.25, 0.3) is 0 Å². The molecule has 2 atom stereocenters. The molecule has 0 saturated carbocycles. The van der Waals surface area contributed by atoms with Crippen molar-refractivity contribution >= 4 is 35.1 Å². The Hall–Kier alpha value is -1.76. The number of nitrogens with zero attached hydrogens (tertiary/aromatic N) is 1. The number of amides is 3. The molecule has 2 aliphatic rings. The van der Waals surface area contributed by atoms with Crippen LogP contribution in [-0.2, 0) is 9.53 Å². The first kappa shape index (κ1) is 17.1. The molecule has 3 amide bonds. The van der Waals surface area contributed by atoms with Crippen LogP contribution in [0.4, 0.5) is 4.79 Å². The van der Waals surface area contributed by atoms with Crippen LogP contribution in [0.15, 0.2) is 30.5 Å². The molecule has 128 valence electrons. The quantitative estimate of drug-likeness (QED) is 0.840. The van der Waals surface area contributed by atoms with E-state index >= 15 is 0 Å². The minimum atomic E-state index is -0.696. The molecule has 0 bridgehead atoms. The van der Waals surface area contributed by atoms with E-state index in [0.717, 1.165) is 0 Å². The molecule has 3 rings (SSSR count). The van der Waals surface area contributed by atoms with E-state index in [9.17, 15) is 9.59 Å². The van der Waals surface area contributed by atoms with Crippen LogP contribution >= 0.6 is 23.2 Å². The van der Waals surface area contributed by atoms with Gasteiger partial charge in [-0.1, -0.05) is 35.8 Å². The molecule has 24 heavy (non-hydrogen) atoms. The molecule has 8 heteroatoms. The normalized spacial score (nSPS) is 24.3. The average molecular weight is 370 g/mol. The SMILES string of the molecule is C=C1NC(=O)N[C@@H](c2c(Cl)cccc2Cl)[C@H]1C(=O)N1CCOCC1. The number of hydrogen-bond acceptors (Lipinski definition) is 3. The van der Waals surface area contributed by atoms with E-state index in [0.29, 0.717) is 47.6 Å². The van der Waals surface area contributed by atoms with E-state index in [-0.39, 0.29) is 5.91 Å². The Morgan fingerprint density at radius 3 is 2.50 bits per heavy atom. The molecule has 2 fully saturated rings. The van der Waals surface area contributed by atoms with Gasteiger partial charge >= 0.3 is 6.03 Å². The summed E-state index contributed by atoms with van der Waals surface area (Å²) in [6, 6.07) is 3.95. The van der Waals surface area contributed by atoms with Crippen LogP contribution in [0.1, 0.15) is 11.6 Å². The number of rotatable bonds is 2. The van der Waals surface area contributed by atoms with Gasteiger partial charge in [0.15, 0.2) is 0 Å². The maximum absolute atomic E-state index is 13.0. The van der Waals surface area contributed by atoms with Gasteiger partial charge in [-0.3, -0.25) is 4.79 Å². The van der Waals surface area contributed by atoms with E-state index in [4.69, 9.17) is 27.9 Å². The standard InChI is InChI=1S/C16H17Cl2N3O3/c1-9-12(15(22)21-5-7-24-8-6-21)14(20-16(23)19-9)13-10(17)3-2-4-11(13)18/h2-4,12,14H,1,5-8H2,(H2,19,20,23)/t12-,14+/m0/s1. The lowest BCUT2D eigenvalue weighted by molar-refractivity contribution is -0.139. The zero-order valence-electron chi connectivity index (χ0n) is 12.9. The number of benzene rings is 1. The third-order valence-electron chi connectivity index (χ3n) is 4.17. The molecular formula is C16H17Cl2N3O3. The highest BCUT2D eigenvalue weighted by molar-refractivity contribution is 6.36. The summed E-state index contributed by atoms with van der Waals surface area (Å²) in [6.45, 7) is 5.84. The van der Waals surface area contributed by atoms with Crippen LogP contribution in [-0.4, -0.2) is 43.1 Å². The van der Waals surface area contributed by atoms with E-state index in [1.807, 2.05) is 0 Å². The van der Waals surface area contributed by atoms with Crippen molar-refractivity contribution in [1.29, 1.82) is 0 Å². The van der Waals surface area contributed by atoms with E-state index in [1.54, 1.807) is 23.1 Å². The van der Waals surface area contributed by atoms with Crippen molar-refractivity contribution in [2.24, 2.45) is 5.92 Å². The number of halogens is 2. The van der Waals surface area contributed by atoms with Crippen molar-refractivity contribution < 1.29 is 14.3 Å². The third-order valence-corrected chi connectivity index (χ3v) is 4.83.